The van der Waals surface area contributed by atoms with Crippen LogP contribution < -0.4 is 21.7 Å². The average Bonchev–Trinajstić information content (AvgIpc) is 2.76. The number of primary amides is 1. The van der Waals surface area contributed by atoms with E-state index in [1.165, 1.54) is 12.8 Å². The van der Waals surface area contributed by atoms with E-state index in [2.05, 4.69) is 16.0 Å². The molecule has 0 aromatic rings. The summed E-state index contributed by atoms with van der Waals surface area (Å²) in [7, 11) is 0. The van der Waals surface area contributed by atoms with E-state index in [0.717, 1.165) is 12.8 Å². The fourth-order valence-corrected chi connectivity index (χ4v) is 1.96. The van der Waals surface area contributed by atoms with Crippen LogP contribution >= 0.6 is 0 Å². The summed E-state index contributed by atoms with van der Waals surface area (Å²) in [5.41, 5.74) is 4.92. The SMILES string of the molecule is CC(NCCNC(N)=O)C(=O)NC1CCCC1. The van der Waals surface area contributed by atoms with E-state index in [1.807, 2.05) is 6.92 Å². The minimum absolute atomic E-state index is 0.0241. The maximum absolute atomic E-state index is 11.7. The van der Waals surface area contributed by atoms with E-state index in [1.54, 1.807) is 0 Å². The zero-order chi connectivity index (χ0) is 12.7. The molecule has 6 heteroatoms. The van der Waals surface area contributed by atoms with E-state index in [-0.39, 0.29) is 11.9 Å². The second-order valence-electron chi connectivity index (χ2n) is 4.46. The lowest BCUT2D eigenvalue weighted by molar-refractivity contribution is -0.123. The Kier molecular flexibility index (Phi) is 5.76. The number of amides is 3. The van der Waals surface area contributed by atoms with Crippen molar-refractivity contribution >= 4 is 11.9 Å². The molecule has 0 aromatic carbocycles. The Morgan fingerprint density at radius 3 is 2.53 bits per heavy atom. The largest absolute Gasteiger partial charge is 0.352 e. The van der Waals surface area contributed by atoms with E-state index < -0.39 is 6.03 Å². The molecule has 0 aliphatic heterocycles. The van der Waals surface area contributed by atoms with Crippen LogP contribution in [0.3, 0.4) is 0 Å². The van der Waals surface area contributed by atoms with Gasteiger partial charge in [-0.3, -0.25) is 4.79 Å². The molecule has 1 aliphatic carbocycles. The predicted octanol–water partition coefficient (Wildman–Crippen LogP) is -0.308. The second-order valence-corrected chi connectivity index (χ2v) is 4.46. The van der Waals surface area contributed by atoms with Crippen molar-refractivity contribution in [2.75, 3.05) is 13.1 Å². The summed E-state index contributed by atoms with van der Waals surface area (Å²) < 4.78 is 0. The van der Waals surface area contributed by atoms with E-state index in [9.17, 15) is 9.59 Å². The average molecular weight is 242 g/mol. The summed E-state index contributed by atoms with van der Waals surface area (Å²) in [6.07, 6.45) is 4.58. The highest BCUT2D eigenvalue weighted by Gasteiger charge is 2.19. The highest BCUT2D eigenvalue weighted by molar-refractivity contribution is 5.81. The second kappa shape index (κ2) is 7.11. The first-order valence-electron chi connectivity index (χ1n) is 6.16. The summed E-state index contributed by atoms with van der Waals surface area (Å²) in [4.78, 5) is 22.2. The lowest BCUT2D eigenvalue weighted by Crippen LogP contribution is -2.47. The van der Waals surface area contributed by atoms with Crippen molar-refractivity contribution in [3.8, 4) is 0 Å². The first-order chi connectivity index (χ1) is 8.09. The number of carbonyl (C=O) groups excluding carboxylic acids is 2. The highest BCUT2D eigenvalue weighted by atomic mass is 16.2. The van der Waals surface area contributed by atoms with Crippen molar-refractivity contribution in [3.63, 3.8) is 0 Å². The Bertz CT molecular complexity index is 264. The lowest BCUT2D eigenvalue weighted by Gasteiger charge is -2.17. The van der Waals surface area contributed by atoms with Gasteiger partial charge in [-0.25, -0.2) is 4.79 Å². The molecule has 3 amide bonds. The molecular formula is C11H22N4O2. The Morgan fingerprint density at radius 2 is 1.94 bits per heavy atom. The maximum atomic E-state index is 11.7. The van der Waals surface area contributed by atoms with Crippen LogP contribution in [0.2, 0.25) is 0 Å². The Morgan fingerprint density at radius 1 is 1.29 bits per heavy atom. The quantitative estimate of drug-likeness (QED) is 0.481. The molecule has 6 nitrogen and oxygen atoms in total. The summed E-state index contributed by atoms with van der Waals surface area (Å²) in [5, 5.41) is 8.50. The van der Waals surface area contributed by atoms with Gasteiger partial charge < -0.3 is 21.7 Å². The van der Waals surface area contributed by atoms with Crippen LogP contribution in [0.1, 0.15) is 32.6 Å². The van der Waals surface area contributed by atoms with Crippen LogP contribution in [0.4, 0.5) is 4.79 Å². The van der Waals surface area contributed by atoms with E-state index >= 15 is 0 Å². The first-order valence-corrected chi connectivity index (χ1v) is 6.16. The van der Waals surface area contributed by atoms with Crippen molar-refractivity contribution in [3.05, 3.63) is 0 Å². The van der Waals surface area contributed by atoms with Gasteiger partial charge >= 0.3 is 6.03 Å². The molecule has 1 rings (SSSR count). The number of nitrogens with two attached hydrogens (primary N) is 1. The minimum atomic E-state index is -0.546. The van der Waals surface area contributed by atoms with Gasteiger partial charge in [-0.05, 0) is 19.8 Å². The number of hydrogen-bond acceptors (Lipinski definition) is 3. The van der Waals surface area contributed by atoms with Gasteiger partial charge in [-0.1, -0.05) is 12.8 Å². The van der Waals surface area contributed by atoms with Gasteiger partial charge in [0.15, 0.2) is 0 Å². The van der Waals surface area contributed by atoms with Gasteiger partial charge in [-0.15, -0.1) is 0 Å². The van der Waals surface area contributed by atoms with Crippen molar-refractivity contribution in [1.82, 2.24) is 16.0 Å². The van der Waals surface area contributed by atoms with Gasteiger partial charge in [0.05, 0.1) is 6.04 Å². The third-order valence-corrected chi connectivity index (χ3v) is 2.97. The van der Waals surface area contributed by atoms with Gasteiger partial charge in [0, 0.05) is 19.1 Å². The van der Waals surface area contributed by atoms with Crippen LogP contribution in [0.5, 0.6) is 0 Å². The molecule has 98 valence electrons. The fraction of sp³-hybridized carbons (Fsp3) is 0.818. The van der Waals surface area contributed by atoms with Gasteiger partial charge in [0.2, 0.25) is 5.91 Å². The summed E-state index contributed by atoms with van der Waals surface area (Å²) in [6.45, 7) is 2.77. The van der Waals surface area contributed by atoms with E-state index in [4.69, 9.17) is 5.73 Å². The topological polar surface area (TPSA) is 96.2 Å². The van der Waals surface area contributed by atoms with Crippen LogP contribution in [0, 0.1) is 0 Å². The van der Waals surface area contributed by atoms with Crippen LogP contribution in [-0.2, 0) is 4.79 Å². The van der Waals surface area contributed by atoms with Gasteiger partial charge in [0.1, 0.15) is 0 Å². The monoisotopic (exact) mass is 242 g/mol. The zero-order valence-electron chi connectivity index (χ0n) is 10.3. The molecule has 0 spiro atoms. The molecule has 0 bridgehead atoms. The number of carbonyl (C=O) groups is 2. The fourth-order valence-electron chi connectivity index (χ4n) is 1.96. The van der Waals surface area contributed by atoms with Gasteiger partial charge in [0.25, 0.3) is 0 Å². The Hall–Kier alpha value is -1.30. The lowest BCUT2D eigenvalue weighted by atomic mass is 10.2. The van der Waals surface area contributed by atoms with Crippen molar-refractivity contribution < 1.29 is 9.59 Å². The molecule has 0 heterocycles. The number of rotatable bonds is 6. The van der Waals surface area contributed by atoms with Crippen molar-refractivity contribution in [2.45, 2.75) is 44.7 Å². The molecule has 17 heavy (non-hydrogen) atoms. The maximum Gasteiger partial charge on any atom is 0.312 e. The van der Waals surface area contributed by atoms with Crippen LogP contribution in [0.15, 0.2) is 0 Å². The molecule has 1 unspecified atom stereocenters. The van der Waals surface area contributed by atoms with Crippen LogP contribution in [-0.4, -0.2) is 37.1 Å². The third-order valence-electron chi connectivity index (χ3n) is 2.97. The zero-order valence-corrected chi connectivity index (χ0v) is 10.3. The Balaban J connectivity index is 2.11. The Labute approximate surface area is 102 Å². The molecule has 1 fully saturated rings. The van der Waals surface area contributed by atoms with Gasteiger partial charge in [-0.2, -0.15) is 0 Å². The standard InChI is InChI=1S/C11H22N4O2/c1-8(13-6-7-14-11(12)17)10(16)15-9-4-2-3-5-9/h8-9,13H,2-7H2,1H3,(H,15,16)(H3,12,14,17). The van der Waals surface area contributed by atoms with Crippen LogP contribution in [0.25, 0.3) is 0 Å². The smallest absolute Gasteiger partial charge is 0.312 e. The number of nitrogens with one attached hydrogen (secondary N) is 3. The summed E-state index contributed by atoms with van der Waals surface area (Å²) >= 11 is 0. The molecule has 5 N–H and O–H groups in total. The first kappa shape index (κ1) is 13.8. The molecule has 0 saturated heterocycles. The summed E-state index contributed by atoms with van der Waals surface area (Å²) in [5.74, 6) is 0.0241. The molecule has 1 aliphatic rings. The van der Waals surface area contributed by atoms with E-state index in [0.29, 0.717) is 19.1 Å². The molecule has 1 atom stereocenters. The van der Waals surface area contributed by atoms with Crippen molar-refractivity contribution in [1.29, 1.82) is 0 Å². The molecule has 1 saturated carbocycles. The predicted molar refractivity (Wildman–Crippen MR) is 65.4 cm³/mol. The highest BCUT2D eigenvalue weighted by Crippen LogP contribution is 2.17. The normalized spacial score (nSPS) is 17.7. The number of hydrogen-bond donors (Lipinski definition) is 4. The molecule has 0 radical (unpaired) electrons. The summed E-state index contributed by atoms with van der Waals surface area (Å²) in [6, 6.07) is -0.448. The third kappa shape index (κ3) is 5.53. The minimum Gasteiger partial charge on any atom is -0.352 e. The molecule has 0 aromatic heterocycles. The van der Waals surface area contributed by atoms with Crippen molar-refractivity contribution in [2.24, 2.45) is 5.73 Å². The number of urea groups is 1. The molecular weight excluding hydrogens is 220 g/mol.